The molecule has 0 saturated carbocycles. The fourth-order valence-corrected chi connectivity index (χ4v) is 4.14. The number of amides is 2. The first-order chi connectivity index (χ1) is 16.0. The van der Waals surface area contributed by atoms with Crippen LogP contribution in [0, 0.1) is 0 Å². The fraction of sp³-hybridized carbons (Fsp3) is 0.261. The molecule has 1 atom stereocenters. The van der Waals surface area contributed by atoms with Gasteiger partial charge < -0.3 is 14.4 Å². The summed E-state index contributed by atoms with van der Waals surface area (Å²) in [6, 6.07) is 14.8. The van der Waals surface area contributed by atoms with E-state index in [1.54, 1.807) is 22.2 Å². The standard InChI is InChI=1S/C23H22ClN5O4/c1-15(30)33-22-20-14-28(23(31)27-9-11-32-12-10-27)26-29(20)19-8-7-17(24)13-18(19)21(25-22)16-5-3-2-4-6-16/h2-8,13-14,22,26H,9-12H2,1H3. The van der Waals surface area contributed by atoms with E-state index in [1.807, 2.05) is 42.5 Å². The van der Waals surface area contributed by atoms with Crippen LogP contribution in [0.5, 0.6) is 0 Å². The number of morpholine rings is 1. The molecule has 3 heterocycles. The normalized spacial score (nSPS) is 19.8. The van der Waals surface area contributed by atoms with Crippen LogP contribution in [0.4, 0.5) is 10.5 Å². The summed E-state index contributed by atoms with van der Waals surface area (Å²) < 4.78 is 10.9. The Morgan fingerprint density at radius 1 is 1.15 bits per heavy atom. The van der Waals surface area contributed by atoms with Crippen LogP contribution >= 0.6 is 11.6 Å². The molecule has 3 aliphatic rings. The van der Waals surface area contributed by atoms with Gasteiger partial charge in [-0.3, -0.25) is 9.80 Å². The summed E-state index contributed by atoms with van der Waals surface area (Å²) in [5, 5.41) is 3.62. The molecule has 0 radical (unpaired) electrons. The Morgan fingerprint density at radius 2 is 1.91 bits per heavy atom. The molecular formula is C23H22ClN5O4. The lowest BCUT2D eigenvalue weighted by atomic mass is 10.0. The van der Waals surface area contributed by atoms with Crippen LogP contribution < -0.4 is 10.5 Å². The molecule has 10 heteroatoms. The highest BCUT2D eigenvalue weighted by Crippen LogP contribution is 2.36. The Hall–Kier alpha value is -3.40. The molecule has 0 aliphatic carbocycles. The number of carbonyl (C=O) groups is 2. The topological polar surface area (TPSA) is 86.7 Å². The third-order valence-corrected chi connectivity index (χ3v) is 5.73. The second kappa shape index (κ2) is 8.86. The molecule has 1 N–H and O–H groups in total. The van der Waals surface area contributed by atoms with Crippen molar-refractivity contribution in [3.63, 3.8) is 0 Å². The number of nitrogens with zero attached hydrogens (tertiary/aromatic N) is 4. The lowest BCUT2D eigenvalue weighted by Gasteiger charge is -2.31. The molecular weight excluding hydrogens is 446 g/mol. The van der Waals surface area contributed by atoms with Crippen molar-refractivity contribution in [1.82, 2.24) is 15.4 Å². The first kappa shape index (κ1) is 21.4. The van der Waals surface area contributed by atoms with Gasteiger partial charge in [0, 0.05) is 36.2 Å². The molecule has 2 aromatic rings. The number of anilines is 1. The third-order valence-electron chi connectivity index (χ3n) is 5.49. The van der Waals surface area contributed by atoms with Crippen molar-refractivity contribution in [2.24, 2.45) is 4.99 Å². The van der Waals surface area contributed by atoms with Crippen LogP contribution in [-0.2, 0) is 14.3 Å². The number of halogens is 1. The Bertz CT molecular complexity index is 1150. The summed E-state index contributed by atoms with van der Waals surface area (Å²) in [6.07, 6.45) is 0.639. The second-order valence-corrected chi connectivity index (χ2v) is 8.14. The minimum Gasteiger partial charge on any atom is -0.434 e. The number of nitrogens with one attached hydrogen (secondary N) is 1. The highest BCUT2D eigenvalue weighted by atomic mass is 35.5. The Balaban J connectivity index is 1.61. The highest BCUT2D eigenvalue weighted by Gasteiger charge is 2.38. The second-order valence-electron chi connectivity index (χ2n) is 7.71. The molecule has 170 valence electrons. The van der Waals surface area contributed by atoms with Crippen LogP contribution in [0.2, 0.25) is 5.02 Å². The van der Waals surface area contributed by atoms with Gasteiger partial charge in [0.25, 0.3) is 0 Å². The van der Waals surface area contributed by atoms with E-state index in [2.05, 4.69) is 5.53 Å². The molecule has 2 aromatic carbocycles. The number of hydrogen-bond acceptors (Lipinski definition) is 7. The van der Waals surface area contributed by atoms with Crippen molar-refractivity contribution in [1.29, 1.82) is 0 Å². The van der Waals surface area contributed by atoms with Crippen molar-refractivity contribution < 1.29 is 19.1 Å². The highest BCUT2D eigenvalue weighted by molar-refractivity contribution is 6.31. The summed E-state index contributed by atoms with van der Waals surface area (Å²) in [5.74, 6) is -0.487. The van der Waals surface area contributed by atoms with E-state index in [1.165, 1.54) is 11.9 Å². The zero-order chi connectivity index (χ0) is 22.9. The molecule has 1 saturated heterocycles. The van der Waals surface area contributed by atoms with Gasteiger partial charge in [0.05, 0.1) is 30.8 Å². The summed E-state index contributed by atoms with van der Waals surface area (Å²) >= 11 is 6.35. The zero-order valence-corrected chi connectivity index (χ0v) is 18.7. The lowest BCUT2D eigenvalue weighted by molar-refractivity contribution is -0.144. The fourth-order valence-electron chi connectivity index (χ4n) is 3.97. The summed E-state index contributed by atoms with van der Waals surface area (Å²) in [6.45, 7) is 3.30. The quantitative estimate of drug-likeness (QED) is 0.683. The van der Waals surface area contributed by atoms with E-state index in [0.717, 1.165) is 16.8 Å². The third kappa shape index (κ3) is 4.18. The maximum atomic E-state index is 13.1. The number of rotatable bonds is 2. The van der Waals surface area contributed by atoms with Crippen molar-refractivity contribution in [3.05, 3.63) is 76.6 Å². The van der Waals surface area contributed by atoms with Gasteiger partial charge in [-0.2, -0.15) is 0 Å². The van der Waals surface area contributed by atoms with Crippen molar-refractivity contribution in [2.75, 3.05) is 31.3 Å². The molecule has 2 amide bonds. The van der Waals surface area contributed by atoms with E-state index in [9.17, 15) is 9.59 Å². The Kier molecular flexibility index (Phi) is 5.76. The summed E-state index contributed by atoms with van der Waals surface area (Å²) in [5.41, 5.74) is 6.55. The van der Waals surface area contributed by atoms with Crippen molar-refractivity contribution in [2.45, 2.75) is 13.2 Å². The monoisotopic (exact) mass is 467 g/mol. The smallest absolute Gasteiger partial charge is 0.340 e. The van der Waals surface area contributed by atoms with Crippen LogP contribution in [-0.4, -0.2) is 60.2 Å². The average molecular weight is 468 g/mol. The number of carbonyl (C=O) groups excluding carboxylic acids is 2. The largest absolute Gasteiger partial charge is 0.434 e. The van der Waals surface area contributed by atoms with E-state index in [0.29, 0.717) is 42.7 Å². The van der Waals surface area contributed by atoms with Gasteiger partial charge in [-0.15, -0.1) is 5.53 Å². The van der Waals surface area contributed by atoms with E-state index in [-0.39, 0.29) is 6.03 Å². The molecule has 1 fully saturated rings. The molecule has 33 heavy (non-hydrogen) atoms. The Labute approximate surface area is 195 Å². The maximum absolute atomic E-state index is 13.1. The van der Waals surface area contributed by atoms with Gasteiger partial charge in [0.15, 0.2) is 0 Å². The van der Waals surface area contributed by atoms with Crippen molar-refractivity contribution in [3.8, 4) is 0 Å². The van der Waals surface area contributed by atoms with Gasteiger partial charge >= 0.3 is 12.0 Å². The SMILES string of the molecule is CC(=O)OC1N=C(c2ccccc2)c2cc(Cl)ccc2N2NN(C(=O)N3CCOCC3)C=C12. The molecule has 0 aromatic heterocycles. The molecule has 1 unspecified atom stereocenters. The van der Waals surface area contributed by atoms with Gasteiger partial charge in [-0.1, -0.05) is 41.9 Å². The van der Waals surface area contributed by atoms with Crippen molar-refractivity contribution >= 4 is 35.0 Å². The number of ether oxygens (including phenoxy) is 2. The number of benzene rings is 2. The van der Waals surface area contributed by atoms with Crippen LogP contribution in [0.3, 0.4) is 0 Å². The van der Waals surface area contributed by atoms with Crippen LogP contribution in [0.15, 0.2) is 65.4 Å². The minimum absolute atomic E-state index is 0.233. The van der Waals surface area contributed by atoms with Gasteiger partial charge in [0.1, 0.15) is 5.70 Å². The number of esters is 1. The van der Waals surface area contributed by atoms with E-state index in [4.69, 9.17) is 26.1 Å². The van der Waals surface area contributed by atoms with E-state index >= 15 is 0 Å². The van der Waals surface area contributed by atoms with E-state index < -0.39 is 12.2 Å². The molecule has 9 nitrogen and oxygen atoms in total. The number of urea groups is 1. The number of hydrogen-bond donors (Lipinski definition) is 1. The van der Waals surface area contributed by atoms with Gasteiger partial charge in [0.2, 0.25) is 6.23 Å². The number of hydrazine groups is 2. The van der Waals surface area contributed by atoms with Crippen LogP contribution in [0.25, 0.3) is 0 Å². The molecule has 3 aliphatic heterocycles. The van der Waals surface area contributed by atoms with Crippen LogP contribution in [0.1, 0.15) is 18.1 Å². The first-order valence-electron chi connectivity index (χ1n) is 10.6. The number of aliphatic imine (C=N–C) groups is 1. The first-order valence-corrected chi connectivity index (χ1v) is 10.9. The zero-order valence-electron chi connectivity index (χ0n) is 17.9. The molecule has 0 spiro atoms. The van der Waals surface area contributed by atoms with Gasteiger partial charge in [-0.25, -0.2) is 14.8 Å². The maximum Gasteiger partial charge on any atom is 0.340 e. The molecule has 5 rings (SSSR count). The summed E-state index contributed by atoms with van der Waals surface area (Å²) in [7, 11) is 0. The average Bonchev–Trinajstić information content (AvgIpc) is 3.23. The molecule has 0 bridgehead atoms. The number of fused-ring (bicyclic) bond motifs is 3. The Morgan fingerprint density at radius 3 is 2.64 bits per heavy atom. The predicted octanol–water partition coefficient (Wildman–Crippen LogP) is 2.92. The van der Waals surface area contributed by atoms with Gasteiger partial charge in [-0.05, 0) is 18.2 Å². The minimum atomic E-state index is -0.973. The predicted molar refractivity (Wildman–Crippen MR) is 122 cm³/mol. The lowest BCUT2D eigenvalue weighted by Crippen LogP contribution is -2.52. The summed E-state index contributed by atoms with van der Waals surface area (Å²) in [4.78, 5) is 31.6.